The largest absolute Gasteiger partial charge is 0.354 e. The maximum Gasteiger partial charge on any atom is 0.261 e. The van der Waals surface area contributed by atoms with Crippen LogP contribution >= 0.6 is 15.9 Å². The minimum Gasteiger partial charge on any atom is -0.354 e. The summed E-state index contributed by atoms with van der Waals surface area (Å²) in [4.78, 5) is 55.5. The third kappa shape index (κ3) is 7.00. The molecule has 0 saturated carbocycles. The Morgan fingerprint density at radius 3 is 2.18 bits per heavy atom. The minimum absolute atomic E-state index is 0.0910. The zero-order valence-electron chi connectivity index (χ0n) is 21.9. The Hall–Kier alpha value is -3.78. The van der Waals surface area contributed by atoms with Crippen LogP contribution in [0.3, 0.4) is 0 Å². The number of rotatable bonds is 12. The predicted molar refractivity (Wildman–Crippen MR) is 153 cm³/mol. The van der Waals surface area contributed by atoms with E-state index in [1.807, 2.05) is 61.5 Å². The molecule has 0 radical (unpaired) electrons. The van der Waals surface area contributed by atoms with Gasteiger partial charge in [0.15, 0.2) is 0 Å². The van der Waals surface area contributed by atoms with Crippen molar-refractivity contribution in [1.82, 2.24) is 15.1 Å². The molecule has 0 aliphatic carbocycles. The SMILES string of the molecule is CCCNC(=O)[C@H](Cc1ccccc1)N(Cc1cccc(Br)c1)C(=O)CCCN1C(=O)c2ccccc2C1=O. The van der Waals surface area contributed by atoms with Gasteiger partial charge in [0, 0.05) is 36.9 Å². The number of carbonyl (C=O) groups is 4. The van der Waals surface area contributed by atoms with Gasteiger partial charge in [0.1, 0.15) is 6.04 Å². The number of carbonyl (C=O) groups excluding carboxylic acids is 4. The molecule has 1 atom stereocenters. The molecular weight excluding hydrogens is 558 g/mol. The number of benzene rings is 3. The van der Waals surface area contributed by atoms with Crippen LogP contribution in [0.5, 0.6) is 0 Å². The number of nitrogens with zero attached hydrogens (tertiary/aromatic N) is 2. The van der Waals surface area contributed by atoms with Gasteiger partial charge in [0.25, 0.3) is 11.8 Å². The summed E-state index contributed by atoms with van der Waals surface area (Å²) >= 11 is 3.49. The van der Waals surface area contributed by atoms with Gasteiger partial charge in [-0.15, -0.1) is 0 Å². The van der Waals surface area contributed by atoms with Crippen molar-refractivity contribution >= 4 is 39.6 Å². The van der Waals surface area contributed by atoms with Gasteiger partial charge in [-0.2, -0.15) is 0 Å². The molecule has 39 heavy (non-hydrogen) atoms. The summed E-state index contributed by atoms with van der Waals surface area (Å²) in [6.45, 7) is 2.88. The van der Waals surface area contributed by atoms with E-state index in [4.69, 9.17) is 0 Å². The van der Waals surface area contributed by atoms with Gasteiger partial charge >= 0.3 is 0 Å². The number of amides is 4. The molecule has 1 aliphatic rings. The first-order valence-electron chi connectivity index (χ1n) is 13.2. The smallest absolute Gasteiger partial charge is 0.261 e. The first-order chi connectivity index (χ1) is 18.9. The van der Waals surface area contributed by atoms with Crippen LogP contribution < -0.4 is 5.32 Å². The molecule has 7 nitrogen and oxygen atoms in total. The highest BCUT2D eigenvalue weighted by molar-refractivity contribution is 9.10. The molecule has 0 unspecified atom stereocenters. The molecule has 0 spiro atoms. The fraction of sp³-hybridized carbons (Fsp3) is 0.290. The monoisotopic (exact) mass is 589 g/mol. The summed E-state index contributed by atoms with van der Waals surface area (Å²) < 4.78 is 0.882. The molecule has 8 heteroatoms. The van der Waals surface area contributed by atoms with E-state index in [9.17, 15) is 19.2 Å². The van der Waals surface area contributed by atoms with Gasteiger partial charge in [0.05, 0.1) is 11.1 Å². The van der Waals surface area contributed by atoms with Crippen LogP contribution in [0.4, 0.5) is 0 Å². The average Bonchev–Trinajstić information content (AvgIpc) is 3.19. The standard InChI is InChI=1S/C31H32BrN3O4/c1-2-17-33-29(37)27(20-22-10-4-3-5-11-22)35(21-23-12-8-13-24(32)19-23)28(36)16-9-18-34-30(38)25-14-6-7-15-26(25)31(34)39/h3-8,10-15,19,27H,2,9,16-18,20-21H2,1H3,(H,33,37)/t27-/m0/s1. The molecule has 0 fully saturated rings. The number of nitrogens with one attached hydrogen (secondary N) is 1. The van der Waals surface area contributed by atoms with E-state index in [1.165, 1.54) is 4.90 Å². The van der Waals surface area contributed by atoms with E-state index in [-0.39, 0.29) is 43.1 Å². The van der Waals surface area contributed by atoms with Crippen LogP contribution in [-0.2, 0) is 22.6 Å². The van der Waals surface area contributed by atoms with Crippen LogP contribution in [0.15, 0.2) is 83.3 Å². The molecule has 4 rings (SSSR count). The quantitative estimate of drug-likeness (QED) is 0.301. The Bertz CT molecular complexity index is 1310. The Kier molecular flexibility index (Phi) is 9.65. The Balaban J connectivity index is 1.53. The molecule has 202 valence electrons. The lowest BCUT2D eigenvalue weighted by molar-refractivity contribution is -0.141. The van der Waals surface area contributed by atoms with Crippen molar-refractivity contribution in [3.63, 3.8) is 0 Å². The second-order valence-corrected chi connectivity index (χ2v) is 10.5. The lowest BCUT2D eigenvalue weighted by atomic mass is 10.0. The van der Waals surface area contributed by atoms with Crippen molar-refractivity contribution in [3.05, 3.63) is 106 Å². The molecule has 1 heterocycles. The van der Waals surface area contributed by atoms with Crippen molar-refractivity contribution < 1.29 is 19.2 Å². The molecular formula is C31H32BrN3O4. The van der Waals surface area contributed by atoms with E-state index in [0.29, 0.717) is 30.5 Å². The number of fused-ring (bicyclic) bond motifs is 1. The highest BCUT2D eigenvalue weighted by Gasteiger charge is 2.35. The molecule has 3 aromatic rings. The second kappa shape index (κ2) is 13.3. The lowest BCUT2D eigenvalue weighted by Crippen LogP contribution is -2.50. The molecule has 1 aliphatic heterocycles. The third-order valence-corrected chi connectivity index (χ3v) is 7.21. The fourth-order valence-electron chi connectivity index (χ4n) is 4.73. The number of hydrogen-bond donors (Lipinski definition) is 1. The summed E-state index contributed by atoms with van der Waals surface area (Å²) in [7, 11) is 0. The molecule has 0 saturated heterocycles. The van der Waals surface area contributed by atoms with E-state index < -0.39 is 6.04 Å². The average molecular weight is 591 g/mol. The normalized spacial score (nSPS) is 13.2. The highest BCUT2D eigenvalue weighted by Crippen LogP contribution is 2.23. The van der Waals surface area contributed by atoms with E-state index in [2.05, 4.69) is 21.2 Å². The van der Waals surface area contributed by atoms with Crippen LogP contribution in [0, 0.1) is 0 Å². The van der Waals surface area contributed by atoms with Crippen LogP contribution in [0.1, 0.15) is 58.0 Å². The third-order valence-electron chi connectivity index (χ3n) is 6.71. The topological polar surface area (TPSA) is 86.8 Å². The fourth-order valence-corrected chi connectivity index (χ4v) is 5.17. The second-order valence-electron chi connectivity index (χ2n) is 9.56. The van der Waals surface area contributed by atoms with Crippen molar-refractivity contribution in [1.29, 1.82) is 0 Å². The number of imide groups is 1. The molecule has 0 aromatic heterocycles. The minimum atomic E-state index is -0.718. The maximum atomic E-state index is 13.7. The lowest BCUT2D eigenvalue weighted by Gasteiger charge is -2.32. The van der Waals surface area contributed by atoms with E-state index in [1.54, 1.807) is 29.2 Å². The van der Waals surface area contributed by atoms with Crippen molar-refractivity contribution in [2.24, 2.45) is 0 Å². The van der Waals surface area contributed by atoms with Gasteiger partial charge in [0.2, 0.25) is 11.8 Å². The first-order valence-corrected chi connectivity index (χ1v) is 14.0. The molecule has 4 amide bonds. The van der Waals surface area contributed by atoms with Crippen LogP contribution in [0.25, 0.3) is 0 Å². The van der Waals surface area contributed by atoms with Crippen molar-refractivity contribution in [2.75, 3.05) is 13.1 Å². The number of hydrogen-bond acceptors (Lipinski definition) is 4. The molecule has 1 N–H and O–H groups in total. The van der Waals surface area contributed by atoms with Gasteiger partial charge < -0.3 is 10.2 Å². The summed E-state index contributed by atoms with van der Waals surface area (Å²) in [5, 5.41) is 2.97. The zero-order chi connectivity index (χ0) is 27.8. The summed E-state index contributed by atoms with van der Waals surface area (Å²) in [5.41, 5.74) is 2.62. The van der Waals surface area contributed by atoms with Gasteiger partial charge in [-0.25, -0.2) is 0 Å². The van der Waals surface area contributed by atoms with Gasteiger partial charge in [-0.1, -0.05) is 77.5 Å². The van der Waals surface area contributed by atoms with E-state index in [0.717, 1.165) is 22.0 Å². The Morgan fingerprint density at radius 1 is 0.897 bits per heavy atom. The number of halogens is 1. The molecule has 0 bridgehead atoms. The van der Waals surface area contributed by atoms with Gasteiger partial charge in [-0.05, 0) is 48.2 Å². The summed E-state index contributed by atoms with van der Waals surface area (Å²) in [6, 6.07) is 23.3. The van der Waals surface area contributed by atoms with Crippen molar-refractivity contribution in [3.8, 4) is 0 Å². The first kappa shape index (κ1) is 28.2. The predicted octanol–water partition coefficient (Wildman–Crippen LogP) is 4.99. The zero-order valence-corrected chi connectivity index (χ0v) is 23.5. The Labute approximate surface area is 237 Å². The molecule has 3 aromatic carbocycles. The summed E-state index contributed by atoms with van der Waals surface area (Å²) in [6.07, 6.45) is 1.54. The summed E-state index contributed by atoms with van der Waals surface area (Å²) in [5.74, 6) is -1.09. The Morgan fingerprint density at radius 2 is 1.54 bits per heavy atom. The highest BCUT2D eigenvalue weighted by atomic mass is 79.9. The van der Waals surface area contributed by atoms with Gasteiger partial charge in [-0.3, -0.25) is 24.1 Å². The van der Waals surface area contributed by atoms with Crippen molar-refractivity contribution in [2.45, 2.75) is 45.2 Å². The maximum absolute atomic E-state index is 13.7. The van der Waals surface area contributed by atoms with E-state index >= 15 is 0 Å². The van der Waals surface area contributed by atoms with Crippen LogP contribution in [-0.4, -0.2) is 52.6 Å². The van der Waals surface area contributed by atoms with Crippen LogP contribution in [0.2, 0.25) is 0 Å².